The maximum absolute atomic E-state index is 14.0. The average Bonchev–Trinajstić information content (AvgIpc) is 4.07. The maximum atomic E-state index is 14.0. The van der Waals surface area contributed by atoms with Gasteiger partial charge in [-0.3, -0.25) is 33.8 Å². The second-order valence-electron chi connectivity index (χ2n) is 21.5. The minimum Gasteiger partial charge on any atom is -0.391 e. The lowest BCUT2D eigenvalue weighted by Gasteiger charge is -2.39. The van der Waals surface area contributed by atoms with Crippen LogP contribution in [0, 0.1) is 18.3 Å². The molecule has 430 valence electrons. The fourth-order valence-electron chi connectivity index (χ4n) is 9.80. The number of nitrogens with zero attached hydrogens (tertiary/aromatic N) is 6. The van der Waals surface area contributed by atoms with Crippen molar-refractivity contribution in [3.63, 3.8) is 0 Å². The normalized spacial score (nSPS) is 17.6. The SMILES string of the molecule is Cc1ncsc1-c1ccc(CNC(=O)[C@@H]2C[C@@H](O)CN2C(=O)[C@@H](CC(=O)CCOCCOCCOCCOCCC(=O)NCCN2CC(Nc3cc(C(=O)NC[C@H](O)CN4CCc5ccccc5C4)ncn3)C2)C(C)(C)C)cc1. The van der Waals surface area contributed by atoms with E-state index >= 15 is 0 Å². The number of hydrogen-bond acceptors (Lipinski definition) is 18. The van der Waals surface area contributed by atoms with Crippen molar-refractivity contribution in [3.05, 3.63) is 94.5 Å². The van der Waals surface area contributed by atoms with Crippen LogP contribution in [0.4, 0.5) is 5.82 Å². The molecule has 0 unspecified atom stereocenters. The maximum Gasteiger partial charge on any atom is 0.270 e. The van der Waals surface area contributed by atoms with E-state index in [1.807, 2.05) is 63.5 Å². The molecule has 4 aromatic rings. The molecular weight excluding hydrogens is 1030 g/mol. The fourth-order valence-corrected chi connectivity index (χ4v) is 10.6. The Labute approximate surface area is 467 Å². The zero-order valence-corrected chi connectivity index (χ0v) is 47.0. The van der Waals surface area contributed by atoms with Crippen LogP contribution in [-0.2, 0) is 57.6 Å². The van der Waals surface area contributed by atoms with Crippen LogP contribution in [0.15, 0.2) is 66.4 Å². The number of aryl methyl sites for hydroxylation is 1. The van der Waals surface area contributed by atoms with Gasteiger partial charge in [-0.05, 0) is 41.0 Å². The lowest BCUT2D eigenvalue weighted by atomic mass is 9.76. The number of fused-ring (bicyclic) bond motifs is 1. The number of anilines is 1. The molecule has 2 aromatic carbocycles. The molecule has 5 heterocycles. The number of benzene rings is 2. The van der Waals surface area contributed by atoms with Gasteiger partial charge in [0.25, 0.3) is 5.91 Å². The summed E-state index contributed by atoms with van der Waals surface area (Å²) in [5.41, 5.74) is 7.01. The van der Waals surface area contributed by atoms with Crippen LogP contribution in [-0.4, -0.2) is 199 Å². The molecule has 22 heteroatoms. The minimum absolute atomic E-state index is 0.00613. The van der Waals surface area contributed by atoms with E-state index in [1.54, 1.807) is 17.4 Å². The van der Waals surface area contributed by atoms with Crippen LogP contribution in [0.3, 0.4) is 0 Å². The van der Waals surface area contributed by atoms with Gasteiger partial charge in [0.15, 0.2) is 0 Å². The second kappa shape index (κ2) is 30.7. The Hall–Kier alpha value is -5.82. The number of rotatable bonds is 32. The van der Waals surface area contributed by atoms with Crippen LogP contribution >= 0.6 is 11.3 Å². The Bertz CT molecular complexity index is 2590. The lowest BCUT2D eigenvalue weighted by Crippen LogP contribution is -2.56. The van der Waals surface area contributed by atoms with Crippen LogP contribution in [0.1, 0.15) is 79.3 Å². The zero-order valence-electron chi connectivity index (χ0n) is 46.2. The molecule has 0 aliphatic carbocycles. The quantitative estimate of drug-likeness (QED) is 0.0384. The molecule has 21 nitrogen and oxygen atoms in total. The van der Waals surface area contributed by atoms with Gasteiger partial charge in [-0.15, -0.1) is 11.3 Å². The number of ketones is 1. The third-order valence-corrected chi connectivity index (χ3v) is 15.3. The van der Waals surface area contributed by atoms with E-state index in [-0.39, 0.29) is 106 Å². The molecule has 0 saturated carbocycles. The van der Waals surface area contributed by atoms with Crippen LogP contribution in [0.5, 0.6) is 0 Å². The van der Waals surface area contributed by atoms with Gasteiger partial charge in [0, 0.05) is 103 Å². The number of likely N-dealkylation sites (tertiary alicyclic amines) is 2. The molecule has 3 aliphatic heterocycles. The summed E-state index contributed by atoms with van der Waals surface area (Å²) in [6.07, 6.45) is 1.23. The third kappa shape index (κ3) is 19.5. The number of amides is 4. The first-order chi connectivity index (χ1) is 38.1. The summed E-state index contributed by atoms with van der Waals surface area (Å²) >= 11 is 1.57. The van der Waals surface area contributed by atoms with Crippen molar-refractivity contribution < 1.29 is 53.1 Å². The number of aromatic nitrogens is 3. The first kappa shape index (κ1) is 60.8. The van der Waals surface area contributed by atoms with Crippen molar-refractivity contribution >= 4 is 46.6 Å². The number of thiazole rings is 1. The first-order valence-electron chi connectivity index (χ1n) is 27.5. The lowest BCUT2D eigenvalue weighted by molar-refractivity contribution is -0.146. The number of aliphatic hydroxyl groups excluding tert-OH is 2. The van der Waals surface area contributed by atoms with Crippen LogP contribution in [0.2, 0.25) is 0 Å². The molecule has 4 atom stereocenters. The smallest absolute Gasteiger partial charge is 0.270 e. The summed E-state index contributed by atoms with van der Waals surface area (Å²) in [4.78, 5) is 85.4. The number of nitrogens with one attached hydrogen (secondary N) is 4. The van der Waals surface area contributed by atoms with Crippen LogP contribution < -0.4 is 21.3 Å². The summed E-state index contributed by atoms with van der Waals surface area (Å²) in [5.74, 6) is -1.39. The van der Waals surface area contributed by atoms with Crippen LogP contribution in [0.25, 0.3) is 10.4 Å². The molecule has 2 saturated heterocycles. The Morgan fingerprint density at radius 1 is 0.810 bits per heavy atom. The highest BCUT2D eigenvalue weighted by Crippen LogP contribution is 2.34. The molecule has 6 N–H and O–H groups in total. The summed E-state index contributed by atoms with van der Waals surface area (Å²) < 4.78 is 22.3. The predicted octanol–water partition coefficient (Wildman–Crippen LogP) is 3.02. The van der Waals surface area contributed by atoms with Gasteiger partial charge in [-0.1, -0.05) is 69.3 Å². The molecule has 0 spiro atoms. The molecule has 2 fully saturated rings. The van der Waals surface area contributed by atoms with Gasteiger partial charge < -0.3 is 55.3 Å². The van der Waals surface area contributed by atoms with Gasteiger partial charge in [0.2, 0.25) is 17.7 Å². The van der Waals surface area contributed by atoms with Crippen molar-refractivity contribution in [2.24, 2.45) is 11.3 Å². The highest BCUT2D eigenvalue weighted by Gasteiger charge is 2.44. The largest absolute Gasteiger partial charge is 0.391 e. The summed E-state index contributed by atoms with van der Waals surface area (Å²) in [7, 11) is 0. The molecule has 2 aromatic heterocycles. The standard InChI is InChI=1S/C57H80N10O11S/c1-39-53(79-38-63-39)42-11-9-40(10-12-42)30-59-55(73)50-28-46(69)36-67(50)56(74)48(57(2,3)4)27-45(68)14-19-75-21-23-77-25-26-78-24-22-76-20-15-52(71)58-16-18-66-33-44(34-66)64-51-29-49(61-37-62-51)54(72)60-31-47(70)35-65-17-13-41-7-5-6-8-43(41)32-65/h5-12,29,37-38,44,46-48,50,69-70H,13-28,30-36H2,1-4H3,(H,58,71)(H,59,73)(H,60,72)(H,61,62,64)/t46-,47+,48-,50+/m1/s1. The molecule has 79 heavy (non-hydrogen) atoms. The molecule has 4 amide bonds. The Morgan fingerprint density at radius 3 is 2.18 bits per heavy atom. The minimum atomic E-state index is -0.844. The predicted molar refractivity (Wildman–Crippen MR) is 298 cm³/mol. The van der Waals surface area contributed by atoms with Gasteiger partial charge in [-0.25, -0.2) is 15.0 Å². The van der Waals surface area contributed by atoms with Gasteiger partial charge in [-0.2, -0.15) is 0 Å². The summed E-state index contributed by atoms with van der Waals surface area (Å²) in [6, 6.07) is 17.2. The second-order valence-corrected chi connectivity index (χ2v) is 22.4. The van der Waals surface area contributed by atoms with Crippen molar-refractivity contribution in [2.75, 3.05) is 111 Å². The van der Waals surface area contributed by atoms with E-state index in [0.29, 0.717) is 58.5 Å². The molecule has 0 bridgehead atoms. The monoisotopic (exact) mass is 1110 g/mol. The Kier molecular flexibility index (Phi) is 23.6. The third-order valence-electron chi connectivity index (χ3n) is 14.3. The van der Waals surface area contributed by atoms with E-state index in [1.165, 1.54) is 22.4 Å². The van der Waals surface area contributed by atoms with E-state index in [4.69, 9.17) is 18.9 Å². The highest BCUT2D eigenvalue weighted by atomic mass is 32.1. The number of aliphatic hydroxyl groups is 2. The van der Waals surface area contributed by atoms with E-state index in [2.05, 4.69) is 64.2 Å². The number of β-amino-alcohol motifs (C(OH)–C–C–N with tert-alkyl or cyclic N) is 2. The van der Waals surface area contributed by atoms with Crippen molar-refractivity contribution in [2.45, 2.75) is 97.2 Å². The molecular formula is C57H80N10O11S. The molecule has 0 radical (unpaired) electrons. The number of hydrogen-bond donors (Lipinski definition) is 6. The number of carbonyl (C=O) groups excluding carboxylic acids is 5. The van der Waals surface area contributed by atoms with Gasteiger partial charge in [0.1, 0.15) is 29.7 Å². The highest BCUT2D eigenvalue weighted by molar-refractivity contribution is 7.13. The van der Waals surface area contributed by atoms with E-state index < -0.39 is 29.6 Å². The summed E-state index contributed by atoms with van der Waals surface area (Å²) in [6.45, 7) is 15.4. The number of ether oxygens (including phenoxy) is 4. The van der Waals surface area contributed by atoms with E-state index in [0.717, 1.165) is 54.3 Å². The first-order valence-corrected chi connectivity index (χ1v) is 28.4. The summed E-state index contributed by atoms with van der Waals surface area (Å²) in [5, 5.41) is 33.2. The molecule has 7 rings (SSSR count). The van der Waals surface area contributed by atoms with Crippen molar-refractivity contribution in [1.82, 2.24) is 45.6 Å². The topological polar surface area (TPSA) is 259 Å². The van der Waals surface area contributed by atoms with Crippen molar-refractivity contribution in [1.29, 1.82) is 0 Å². The molecule has 3 aliphatic rings. The van der Waals surface area contributed by atoms with E-state index in [9.17, 15) is 34.2 Å². The zero-order chi connectivity index (χ0) is 56.2. The number of carbonyl (C=O) groups is 5. The Balaban J connectivity index is 0.650. The van der Waals surface area contributed by atoms with Crippen molar-refractivity contribution in [3.8, 4) is 10.4 Å². The average molecular weight is 1110 g/mol. The van der Waals surface area contributed by atoms with Gasteiger partial charge in [0.05, 0.1) is 87.2 Å². The van der Waals surface area contributed by atoms with Gasteiger partial charge >= 0.3 is 0 Å². The Morgan fingerprint density at radius 2 is 1.49 bits per heavy atom. The number of Topliss-reactive ketones (excluding diaryl/α,β-unsaturated/α-hetero) is 1. The fraction of sp³-hybridized carbons (Fsp3) is 0.579.